The molecule has 0 saturated carbocycles. The smallest absolute Gasteiger partial charge is 0.306 e. The average Bonchev–Trinajstić information content (AvgIpc) is 3.15. The molecule has 0 unspecified atom stereocenters. The zero-order valence-electron chi connectivity index (χ0n) is 37.5. The maximum atomic E-state index is 12.8. The summed E-state index contributed by atoms with van der Waals surface area (Å²) in [5.41, 5.74) is 0. The Kier molecular flexibility index (Phi) is 42.2. The van der Waals surface area contributed by atoms with E-state index in [0.29, 0.717) is 19.4 Å². The zero-order valence-corrected chi connectivity index (χ0v) is 37.5. The molecule has 0 heterocycles. The van der Waals surface area contributed by atoms with Crippen LogP contribution in [-0.4, -0.2) is 49.2 Å². The van der Waals surface area contributed by atoms with Crippen LogP contribution in [0.25, 0.3) is 0 Å². The third-order valence-corrected chi connectivity index (χ3v) is 11.3. The van der Waals surface area contributed by atoms with E-state index in [9.17, 15) is 9.59 Å². The Morgan fingerprint density at radius 3 is 1.24 bits per heavy atom. The maximum absolute atomic E-state index is 12.8. The Morgan fingerprint density at radius 2 is 0.759 bits per heavy atom. The van der Waals surface area contributed by atoms with Gasteiger partial charge in [0.2, 0.25) is 0 Å². The van der Waals surface area contributed by atoms with E-state index in [4.69, 9.17) is 9.47 Å². The fraction of sp³-hybridized carbons (Fsp3) is 0.959. The molecule has 0 spiro atoms. The fourth-order valence-corrected chi connectivity index (χ4v) is 7.62. The highest BCUT2D eigenvalue weighted by Gasteiger charge is 2.14. The molecule has 0 saturated heterocycles. The first-order chi connectivity index (χ1) is 26.4. The summed E-state index contributed by atoms with van der Waals surface area (Å²) in [6.45, 7) is 15.6. The molecule has 0 aliphatic heterocycles. The number of unbranched alkanes of at least 4 members (excludes halogenated alkanes) is 25. The van der Waals surface area contributed by atoms with Crippen LogP contribution in [0.3, 0.4) is 0 Å². The van der Waals surface area contributed by atoms with Gasteiger partial charge in [0.25, 0.3) is 0 Å². The van der Waals surface area contributed by atoms with E-state index in [1.54, 1.807) is 0 Å². The van der Waals surface area contributed by atoms with Crippen molar-refractivity contribution in [3.63, 3.8) is 0 Å². The number of nitrogens with zero attached hydrogens (tertiary/aromatic N) is 1. The Labute approximate surface area is 339 Å². The highest BCUT2D eigenvalue weighted by Crippen LogP contribution is 2.19. The molecular weight excluding hydrogens is 667 g/mol. The largest absolute Gasteiger partial charge is 0.466 e. The predicted molar refractivity (Wildman–Crippen MR) is 235 cm³/mol. The normalized spacial score (nSPS) is 11.7. The van der Waals surface area contributed by atoms with E-state index in [1.165, 1.54) is 180 Å². The van der Waals surface area contributed by atoms with Crippen molar-refractivity contribution in [1.82, 2.24) is 4.90 Å². The zero-order chi connectivity index (χ0) is 39.6. The van der Waals surface area contributed by atoms with Crippen LogP contribution in [0.1, 0.15) is 266 Å². The van der Waals surface area contributed by atoms with Crippen molar-refractivity contribution < 1.29 is 19.1 Å². The van der Waals surface area contributed by atoms with Crippen LogP contribution in [0.2, 0.25) is 0 Å². The number of carbonyl (C=O) groups excluding carboxylic acids is 2. The van der Waals surface area contributed by atoms with Crippen molar-refractivity contribution in [2.45, 2.75) is 272 Å². The van der Waals surface area contributed by atoms with Crippen molar-refractivity contribution in [3.05, 3.63) is 0 Å². The van der Waals surface area contributed by atoms with Crippen LogP contribution in [0.15, 0.2) is 0 Å². The lowest BCUT2D eigenvalue weighted by atomic mass is 10.0. The molecule has 0 aromatic heterocycles. The lowest BCUT2D eigenvalue weighted by Crippen LogP contribution is -2.27. The summed E-state index contributed by atoms with van der Waals surface area (Å²) in [7, 11) is 0. The molecule has 0 radical (unpaired) electrons. The minimum atomic E-state index is -0.00507. The van der Waals surface area contributed by atoms with Gasteiger partial charge >= 0.3 is 11.9 Å². The van der Waals surface area contributed by atoms with Crippen LogP contribution < -0.4 is 0 Å². The van der Waals surface area contributed by atoms with E-state index in [0.717, 1.165) is 63.8 Å². The first-order valence-corrected chi connectivity index (χ1v) is 24.5. The van der Waals surface area contributed by atoms with Gasteiger partial charge in [-0.05, 0) is 89.8 Å². The van der Waals surface area contributed by atoms with E-state index < -0.39 is 0 Å². The molecule has 0 aromatic rings. The van der Waals surface area contributed by atoms with Crippen LogP contribution in [-0.2, 0) is 19.1 Å². The topological polar surface area (TPSA) is 55.8 Å². The van der Waals surface area contributed by atoms with Crippen molar-refractivity contribution in [3.8, 4) is 0 Å². The first kappa shape index (κ1) is 52.9. The van der Waals surface area contributed by atoms with Crippen LogP contribution >= 0.6 is 0 Å². The summed E-state index contributed by atoms with van der Waals surface area (Å²) in [6, 6.07) is 0. The van der Waals surface area contributed by atoms with Crippen LogP contribution in [0.4, 0.5) is 0 Å². The number of hydrogen-bond acceptors (Lipinski definition) is 5. The lowest BCUT2D eigenvalue weighted by Gasteiger charge is -2.22. The predicted octanol–water partition coefficient (Wildman–Crippen LogP) is 15.5. The van der Waals surface area contributed by atoms with Crippen molar-refractivity contribution in [1.29, 1.82) is 0 Å². The van der Waals surface area contributed by atoms with Crippen LogP contribution in [0.5, 0.6) is 0 Å². The Morgan fingerprint density at radius 1 is 0.407 bits per heavy atom. The van der Waals surface area contributed by atoms with Gasteiger partial charge in [0, 0.05) is 12.8 Å². The van der Waals surface area contributed by atoms with Gasteiger partial charge in [0.1, 0.15) is 6.10 Å². The lowest BCUT2D eigenvalue weighted by molar-refractivity contribution is -0.150. The second kappa shape index (κ2) is 43.0. The van der Waals surface area contributed by atoms with Crippen LogP contribution in [0, 0.1) is 5.92 Å². The van der Waals surface area contributed by atoms with Crippen molar-refractivity contribution >= 4 is 11.9 Å². The van der Waals surface area contributed by atoms with Gasteiger partial charge in [-0.25, -0.2) is 0 Å². The molecule has 5 heteroatoms. The summed E-state index contributed by atoms with van der Waals surface area (Å²) in [6.07, 6.45) is 43.3. The summed E-state index contributed by atoms with van der Waals surface area (Å²) >= 11 is 0. The highest BCUT2D eigenvalue weighted by molar-refractivity contribution is 5.69. The number of ether oxygens (including phenoxy) is 2. The Hall–Kier alpha value is -1.10. The van der Waals surface area contributed by atoms with Gasteiger partial charge < -0.3 is 14.4 Å². The molecule has 0 aliphatic rings. The minimum Gasteiger partial charge on any atom is -0.466 e. The third-order valence-electron chi connectivity index (χ3n) is 11.3. The monoisotopic (exact) mass is 764 g/mol. The molecule has 0 aliphatic carbocycles. The third kappa shape index (κ3) is 40.6. The number of rotatable bonds is 44. The minimum absolute atomic E-state index is 0.00507. The van der Waals surface area contributed by atoms with Gasteiger partial charge in [-0.15, -0.1) is 0 Å². The highest BCUT2D eigenvalue weighted by atomic mass is 16.5. The van der Waals surface area contributed by atoms with E-state index in [-0.39, 0.29) is 18.0 Å². The van der Waals surface area contributed by atoms with E-state index >= 15 is 0 Å². The SMILES string of the molecule is CCCCCCCCCCCOC(=O)CCCCCN(CCCCCCCC(=O)OC(CCCCCCCC)CCCCCCCC)CCCCC(C)C. The van der Waals surface area contributed by atoms with Gasteiger partial charge in [-0.3, -0.25) is 9.59 Å². The van der Waals surface area contributed by atoms with Gasteiger partial charge in [0.15, 0.2) is 0 Å². The van der Waals surface area contributed by atoms with Gasteiger partial charge in [0.05, 0.1) is 6.61 Å². The maximum Gasteiger partial charge on any atom is 0.306 e. The molecule has 322 valence electrons. The molecular formula is C49H97NO4. The molecule has 0 bridgehead atoms. The molecule has 0 rings (SSSR count). The molecule has 0 aromatic carbocycles. The summed E-state index contributed by atoms with van der Waals surface area (Å²) in [4.78, 5) is 27.7. The molecule has 0 N–H and O–H groups in total. The fourth-order valence-electron chi connectivity index (χ4n) is 7.62. The summed E-state index contributed by atoms with van der Waals surface area (Å²) in [5, 5.41) is 0. The quantitative estimate of drug-likeness (QED) is 0.0457. The van der Waals surface area contributed by atoms with Gasteiger partial charge in [-0.2, -0.15) is 0 Å². The second-order valence-electron chi connectivity index (χ2n) is 17.3. The van der Waals surface area contributed by atoms with Crippen molar-refractivity contribution in [2.75, 3.05) is 26.2 Å². The van der Waals surface area contributed by atoms with Gasteiger partial charge in [-0.1, -0.05) is 189 Å². The van der Waals surface area contributed by atoms with E-state index in [2.05, 4.69) is 39.5 Å². The molecule has 0 fully saturated rings. The average molecular weight is 764 g/mol. The summed E-state index contributed by atoms with van der Waals surface area (Å²) < 4.78 is 11.6. The number of esters is 2. The van der Waals surface area contributed by atoms with E-state index in [1.807, 2.05) is 0 Å². The summed E-state index contributed by atoms with van der Waals surface area (Å²) in [5.74, 6) is 0.813. The first-order valence-electron chi connectivity index (χ1n) is 24.5. The number of carbonyl (C=O) groups is 2. The molecule has 0 atom stereocenters. The Balaban J connectivity index is 4.24. The second-order valence-corrected chi connectivity index (χ2v) is 17.3. The Bertz CT molecular complexity index is 755. The number of hydrogen-bond donors (Lipinski definition) is 0. The van der Waals surface area contributed by atoms with Crippen molar-refractivity contribution in [2.24, 2.45) is 5.92 Å². The standard InChI is InChI=1S/C49H97NO4/c1-6-9-12-15-18-19-20-26-36-45-53-48(51)40-31-27-34-43-50(44-35-32-37-46(4)5)42-33-25-21-24-30-41-49(52)54-47(38-28-22-16-13-10-7-2)39-29-23-17-14-11-8-3/h46-47H,6-45H2,1-5H3. The molecule has 5 nitrogen and oxygen atoms in total. The molecule has 0 amide bonds. The molecule has 54 heavy (non-hydrogen) atoms.